The predicted molar refractivity (Wildman–Crippen MR) is 130 cm³/mol. The molecule has 4 N–H and O–H groups in total. The van der Waals surface area contributed by atoms with Crippen LogP contribution in [0.4, 0.5) is 0 Å². The Labute approximate surface area is 195 Å². The Kier molecular flexibility index (Phi) is 9.87. The van der Waals surface area contributed by atoms with Crippen LogP contribution in [0.2, 0.25) is 5.02 Å². The van der Waals surface area contributed by atoms with Crippen LogP contribution >= 0.6 is 35.6 Å². The van der Waals surface area contributed by atoms with Gasteiger partial charge in [0.2, 0.25) is 10.0 Å². The molecule has 0 aliphatic heterocycles. The summed E-state index contributed by atoms with van der Waals surface area (Å²) in [6, 6.07) is 14.4. The van der Waals surface area contributed by atoms with E-state index in [1.807, 2.05) is 24.3 Å². The van der Waals surface area contributed by atoms with Gasteiger partial charge in [-0.25, -0.2) is 13.6 Å². The number of nitrogens with one attached hydrogen (secondary N) is 2. The normalized spacial score (nSPS) is 12.2. The Morgan fingerprint density at radius 1 is 1.10 bits per heavy atom. The summed E-state index contributed by atoms with van der Waals surface area (Å²) in [6.45, 7) is 5.47. The van der Waals surface area contributed by atoms with E-state index in [0.717, 1.165) is 17.0 Å². The zero-order valence-corrected chi connectivity index (χ0v) is 20.7. The van der Waals surface area contributed by atoms with Crippen LogP contribution in [0.3, 0.4) is 0 Å². The number of hydrogen-bond acceptors (Lipinski definition) is 3. The molecular weight excluding hydrogens is 523 g/mol. The fourth-order valence-corrected chi connectivity index (χ4v) is 3.62. The quantitative estimate of drug-likeness (QED) is 0.279. The highest BCUT2D eigenvalue weighted by Gasteiger charge is 2.19. The van der Waals surface area contributed by atoms with Gasteiger partial charge in [-0.05, 0) is 47.2 Å². The van der Waals surface area contributed by atoms with E-state index in [2.05, 4.69) is 35.5 Å². The number of primary sulfonamides is 1. The van der Waals surface area contributed by atoms with E-state index in [0.29, 0.717) is 19.0 Å². The smallest absolute Gasteiger partial charge is 0.238 e. The first-order valence-corrected chi connectivity index (χ1v) is 10.8. The Balaban J connectivity index is 0.00000420. The van der Waals surface area contributed by atoms with Gasteiger partial charge in [0.15, 0.2) is 5.96 Å². The van der Waals surface area contributed by atoms with Crippen LogP contribution in [0.5, 0.6) is 0 Å². The van der Waals surface area contributed by atoms with Gasteiger partial charge >= 0.3 is 0 Å². The summed E-state index contributed by atoms with van der Waals surface area (Å²) < 4.78 is 23.0. The average molecular weight is 551 g/mol. The zero-order chi connectivity index (χ0) is 20.8. The van der Waals surface area contributed by atoms with Gasteiger partial charge in [-0.2, -0.15) is 0 Å². The fourth-order valence-electron chi connectivity index (χ4n) is 2.82. The summed E-state index contributed by atoms with van der Waals surface area (Å²) >= 11 is 6.07. The number of halogens is 2. The lowest BCUT2D eigenvalue weighted by Crippen LogP contribution is -2.42. The van der Waals surface area contributed by atoms with Crippen molar-refractivity contribution in [3.8, 4) is 0 Å². The third-order valence-corrected chi connectivity index (χ3v) is 5.36. The van der Waals surface area contributed by atoms with Crippen molar-refractivity contribution in [3.63, 3.8) is 0 Å². The molecule has 0 atom stereocenters. The van der Waals surface area contributed by atoms with Gasteiger partial charge in [0, 0.05) is 25.2 Å². The maximum atomic E-state index is 11.5. The number of rotatable bonds is 7. The third kappa shape index (κ3) is 8.90. The number of guanidine groups is 1. The van der Waals surface area contributed by atoms with Gasteiger partial charge in [0.1, 0.15) is 0 Å². The molecule has 0 aliphatic carbocycles. The molecule has 9 heteroatoms. The molecule has 0 bridgehead atoms. The van der Waals surface area contributed by atoms with Crippen molar-refractivity contribution in [2.75, 3.05) is 13.6 Å². The van der Waals surface area contributed by atoms with Crippen LogP contribution in [-0.2, 0) is 23.0 Å². The number of benzene rings is 2. The van der Waals surface area contributed by atoms with Crippen LogP contribution < -0.4 is 15.8 Å². The van der Waals surface area contributed by atoms with E-state index in [1.54, 1.807) is 19.2 Å². The Morgan fingerprint density at radius 2 is 1.76 bits per heavy atom. The van der Waals surface area contributed by atoms with E-state index < -0.39 is 10.0 Å². The van der Waals surface area contributed by atoms with Gasteiger partial charge in [-0.15, -0.1) is 24.0 Å². The highest BCUT2D eigenvalue weighted by Crippen LogP contribution is 2.22. The summed E-state index contributed by atoms with van der Waals surface area (Å²) in [4.78, 5) is 4.32. The van der Waals surface area contributed by atoms with Crippen LogP contribution in [0.1, 0.15) is 25.0 Å². The lowest BCUT2D eigenvalue weighted by molar-refractivity contribution is 0.359. The third-order valence-electron chi connectivity index (χ3n) is 4.22. The highest BCUT2D eigenvalue weighted by atomic mass is 127. The maximum Gasteiger partial charge on any atom is 0.238 e. The monoisotopic (exact) mass is 550 g/mol. The first-order valence-electron chi connectivity index (χ1n) is 8.90. The molecule has 0 spiro atoms. The summed E-state index contributed by atoms with van der Waals surface area (Å²) in [5.74, 6) is 0.639. The standard InChI is InChI=1S/C20H27ClN4O2S.HI/c1-20(2,12-15-6-4-8-17(21)10-15)14-25-19(23-3)24-13-16-7-5-9-18(11-16)28(22,26)27;/h4-11H,12-14H2,1-3H3,(H2,22,26,27)(H2,23,24,25);1H. The van der Waals surface area contributed by atoms with E-state index in [1.165, 1.54) is 11.6 Å². The minimum Gasteiger partial charge on any atom is -0.356 e. The summed E-state index contributed by atoms with van der Waals surface area (Å²) in [5, 5.41) is 12.4. The average Bonchev–Trinajstić information content (AvgIpc) is 2.61. The molecule has 2 aromatic rings. The minimum absolute atomic E-state index is 0. The number of nitrogens with zero attached hydrogens (tertiary/aromatic N) is 1. The van der Waals surface area contributed by atoms with Gasteiger partial charge in [-0.3, -0.25) is 4.99 Å². The van der Waals surface area contributed by atoms with E-state index in [-0.39, 0.29) is 34.3 Å². The van der Waals surface area contributed by atoms with Gasteiger partial charge < -0.3 is 10.6 Å². The number of hydrogen-bond donors (Lipinski definition) is 3. The Morgan fingerprint density at radius 3 is 2.38 bits per heavy atom. The van der Waals surface area contributed by atoms with Crippen molar-refractivity contribution >= 4 is 51.6 Å². The molecule has 0 amide bonds. The Bertz CT molecular complexity index is 949. The molecule has 2 rings (SSSR count). The molecule has 0 radical (unpaired) electrons. The Hall–Kier alpha value is -1.36. The lowest BCUT2D eigenvalue weighted by atomic mass is 9.86. The molecule has 0 aromatic heterocycles. The first-order chi connectivity index (χ1) is 13.1. The maximum absolute atomic E-state index is 11.5. The molecule has 0 aliphatic rings. The van der Waals surface area contributed by atoms with Crippen molar-refractivity contribution in [2.24, 2.45) is 15.5 Å². The van der Waals surface area contributed by atoms with Crippen LogP contribution in [-0.4, -0.2) is 28.0 Å². The van der Waals surface area contributed by atoms with Crippen LogP contribution in [0.25, 0.3) is 0 Å². The number of aliphatic imine (C=N–C) groups is 1. The fraction of sp³-hybridized carbons (Fsp3) is 0.350. The second kappa shape index (κ2) is 11.1. The number of sulfonamides is 1. The summed E-state index contributed by atoms with van der Waals surface area (Å²) in [7, 11) is -2.02. The van der Waals surface area contributed by atoms with Crippen molar-refractivity contribution < 1.29 is 8.42 Å². The molecule has 0 saturated heterocycles. The molecule has 0 heterocycles. The predicted octanol–water partition coefficient (Wildman–Crippen LogP) is 3.54. The van der Waals surface area contributed by atoms with Crippen LogP contribution in [0.15, 0.2) is 58.4 Å². The number of nitrogens with two attached hydrogens (primary N) is 1. The van der Waals surface area contributed by atoms with Crippen molar-refractivity contribution in [1.82, 2.24) is 10.6 Å². The molecule has 29 heavy (non-hydrogen) atoms. The topological polar surface area (TPSA) is 96.6 Å². The molecule has 160 valence electrons. The molecule has 0 saturated carbocycles. The highest BCUT2D eigenvalue weighted by molar-refractivity contribution is 14.0. The van der Waals surface area contributed by atoms with Crippen molar-refractivity contribution in [2.45, 2.75) is 31.7 Å². The van der Waals surface area contributed by atoms with E-state index in [4.69, 9.17) is 16.7 Å². The molecular formula is C20H28ClIN4O2S. The zero-order valence-electron chi connectivity index (χ0n) is 16.8. The second-order valence-electron chi connectivity index (χ2n) is 7.44. The molecule has 2 aromatic carbocycles. The van der Waals surface area contributed by atoms with Crippen LogP contribution in [0, 0.1) is 5.41 Å². The molecule has 6 nitrogen and oxygen atoms in total. The largest absolute Gasteiger partial charge is 0.356 e. The minimum atomic E-state index is -3.71. The molecule has 0 unspecified atom stereocenters. The van der Waals surface area contributed by atoms with Gasteiger partial charge in [0.05, 0.1) is 4.90 Å². The molecule has 0 fully saturated rings. The SMILES string of the molecule is CN=C(NCc1cccc(S(N)(=O)=O)c1)NCC(C)(C)Cc1cccc(Cl)c1.I. The van der Waals surface area contributed by atoms with E-state index >= 15 is 0 Å². The van der Waals surface area contributed by atoms with Gasteiger partial charge in [-0.1, -0.05) is 49.7 Å². The summed E-state index contributed by atoms with van der Waals surface area (Å²) in [5.41, 5.74) is 1.96. The second-order valence-corrected chi connectivity index (χ2v) is 9.44. The van der Waals surface area contributed by atoms with Crippen molar-refractivity contribution in [3.05, 3.63) is 64.7 Å². The van der Waals surface area contributed by atoms with E-state index in [9.17, 15) is 8.42 Å². The van der Waals surface area contributed by atoms with Gasteiger partial charge in [0.25, 0.3) is 0 Å². The van der Waals surface area contributed by atoms with Crippen molar-refractivity contribution in [1.29, 1.82) is 0 Å². The first kappa shape index (κ1) is 25.7. The summed E-state index contributed by atoms with van der Waals surface area (Å²) in [6.07, 6.45) is 0.869. The lowest BCUT2D eigenvalue weighted by Gasteiger charge is -2.26.